The number of halogens is 1. The average molecular weight is 353 g/mol. The van der Waals surface area contributed by atoms with Crippen LogP contribution >= 0.6 is 11.6 Å². The zero-order chi connectivity index (χ0) is 16.9. The second-order valence-corrected chi connectivity index (χ2v) is 6.30. The van der Waals surface area contributed by atoms with Gasteiger partial charge in [0, 0.05) is 37.7 Å². The highest BCUT2D eigenvalue weighted by Crippen LogP contribution is 2.15. The van der Waals surface area contributed by atoms with E-state index < -0.39 is 0 Å². The highest BCUT2D eigenvalue weighted by Gasteiger charge is 2.30. The Kier molecular flexibility index (Phi) is 5.55. The number of rotatable bonds is 4. The summed E-state index contributed by atoms with van der Waals surface area (Å²) in [6.07, 6.45) is 0.799. The number of piperazine rings is 1. The number of hydrogen-bond acceptors (Lipinski definition) is 5. The quantitative estimate of drug-likeness (QED) is 0.813. The van der Waals surface area contributed by atoms with Gasteiger partial charge in [-0.2, -0.15) is 0 Å². The molecule has 8 heteroatoms. The van der Waals surface area contributed by atoms with Crippen molar-refractivity contribution < 1.29 is 14.3 Å². The first-order valence-corrected chi connectivity index (χ1v) is 8.44. The van der Waals surface area contributed by atoms with Gasteiger partial charge >= 0.3 is 0 Å². The number of benzene rings is 1. The molecule has 1 atom stereocenters. The summed E-state index contributed by atoms with van der Waals surface area (Å²) >= 11 is 5.81. The van der Waals surface area contributed by atoms with Crippen LogP contribution < -0.4 is 15.6 Å². The number of nitrogens with zero attached hydrogens (tertiary/aromatic N) is 2. The van der Waals surface area contributed by atoms with Crippen LogP contribution in [0.5, 0.6) is 5.75 Å². The Morgan fingerprint density at radius 1 is 1.12 bits per heavy atom. The SMILES string of the molecule is O=C(COc1ccc(Cl)cc1)N1CCN(C(=O)C2CCNN2)CC1. The minimum Gasteiger partial charge on any atom is -0.484 e. The summed E-state index contributed by atoms with van der Waals surface area (Å²) in [6, 6.07) is 6.75. The Hall–Kier alpha value is -1.83. The van der Waals surface area contributed by atoms with Gasteiger partial charge in [-0.15, -0.1) is 0 Å². The Morgan fingerprint density at radius 2 is 1.79 bits per heavy atom. The highest BCUT2D eigenvalue weighted by molar-refractivity contribution is 6.30. The van der Waals surface area contributed by atoms with E-state index in [4.69, 9.17) is 16.3 Å². The fraction of sp³-hybridized carbons (Fsp3) is 0.500. The number of nitrogens with one attached hydrogen (secondary N) is 2. The maximum atomic E-state index is 12.3. The first-order valence-electron chi connectivity index (χ1n) is 8.07. The van der Waals surface area contributed by atoms with Gasteiger partial charge in [-0.25, -0.2) is 5.43 Å². The zero-order valence-corrected chi connectivity index (χ0v) is 14.1. The van der Waals surface area contributed by atoms with Crippen LogP contribution in [0.3, 0.4) is 0 Å². The van der Waals surface area contributed by atoms with Crippen molar-refractivity contribution in [1.82, 2.24) is 20.7 Å². The lowest BCUT2D eigenvalue weighted by Crippen LogP contribution is -2.55. The number of hydrogen-bond donors (Lipinski definition) is 2. The fourth-order valence-electron chi connectivity index (χ4n) is 2.83. The average Bonchev–Trinajstić information content (AvgIpc) is 3.15. The predicted molar refractivity (Wildman–Crippen MR) is 89.7 cm³/mol. The minimum absolute atomic E-state index is 0.0102. The molecule has 0 bridgehead atoms. The molecule has 0 aliphatic carbocycles. The molecule has 2 fully saturated rings. The highest BCUT2D eigenvalue weighted by atomic mass is 35.5. The molecule has 7 nitrogen and oxygen atoms in total. The predicted octanol–water partition coefficient (Wildman–Crippen LogP) is 0.256. The summed E-state index contributed by atoms with van der Waals surface area (Å²) in [7, 11) is 0. The zero-order valence-electron chi connectivity index (χ0n) is 13.3. The fourth-order valence-corrected chi connectivity index (χ4v) is 2.96. The van der Waals surface area contributed by atoms with E-state index in [1.807, 2.05) is 4.90 Å². The second-order valence-electron chi connectivity index (χ2n) is 5.86. The number of carbonyl (C=O) groups is 2. The molecule has 0 aromatic heterocycles. The van der Waals surface area contributed by atoms with Gasteiger partial charge in [0.2, 0.25) is 5.91 Å². The molecular formula is C16H21ClN4O3. The van der Waals surface area contributed by atoms with E-state index >= 15 is 0 Å². The topological polar surface area (TPSA) is 73.9 Å². The van der Waals surface area contributed by atoms with Crippen LogP contribution in [0.2, 0.25) is 5.02 Å². The van der Waals surface area contributed by atoms with Gasteiger partial charge in [0.15, 0.2) is 6.61 Å². The summed E-state index contributed by atoms with van der Waals surface area (Å²) < 4.78 is 5.48. The van der Waals surface area contributed by atoms with E-state index in [1.54, 1.807) is 29.2 Å². The summed E-state index contributed by atoms with van der Waals surface area (Å²) in [6.45, 7) is 2.98. The molecule has 0 radical (unpaired) electrons. The van der Waals surface area contributed by atoms with Crippen molar-refractivity contribution >= 4 is 23.4 Å². The molecule has 2 aliphatic rings. The van der Waals surface area contributed by atoms with Crippen LogP contribution in [0.1, 0.15) is 6.42 Å². The monoisotopic (exact) mass is 352 g/mol. The molecule has 2 N–H and O–H groups in total. The van der Waals surface area contributed by atoms with Gasteiger partial charge in [-0.1, -0.05) is 11.6 Å². The lowest BCUT2D eigenvalue weighted by molar-refractivity contribution is -0.141. The third kappa shape index (κ3) is 4.17. The summed E-state index contributed by atoms with van der Waals surface area (Å²) in [5.41, 5.74) is 5.95. The van der Waals surface area contributed by atoms with Crippen LogP contribution in [-0.4, -0.2) is 67.0 Å². The van der Waals surface area contributed by atoms with E-state index in [1.165, 1.54) is 0 Å². The summed E-state index contributed by atoms with van der Waals surface area (Å²) in [4.78, 5) is 28.1. The molecule has 2 aliphatic heterocycles. The first kappa shape index (κ1) is 17.0. The van der Waals surface area contributed by atoms with E-state index in [9.17, 15) is 9.59 Å². The van der Waals surface area contributed by atoms with Crippen LogP contribution in [0, 0.1) is 0 Å². The molecule has 3 rings (SSSR count). The van der Waals surface area contributed by atoms with Crippen molar-refractivity contribution in [2.45, 2.75) is 12.5 Å². The Balaban J connectivity index is 1.43. The van der Waals surface area contributed by atoms with Gasteiger partial charge in [-0.3, -0.25) is 15.0 Å². The van der Waals surface area contributed by atoms with Gasteiger partial charge in [0.25, 0.3) is 5.91 Å². The molecule has 1 aromatic carbocycles. The van der Waals surface area contributed by atoms with E-state index in [2.05, 4.69) is 10.9 Å². The largest absolute Gasteiger partial charge is 0.484 e. The second kappa shape index (κ2) is 7.83. The van der Waals surface area contributed by atoms with Crippen molar-refractivity contribution in [1.29, 1.82) is 0 Å². The van der Waals surface area contributed by atoms with E-state index in [0.717, 1.165) is 13.0 Å². The van der Waals surface area contributed by atoms with Crippen molar-refractivity contribution in [3.8, 4) is 5.75 Å². The van der Waals surface area contributed by atoms with Gasteiger partial charge in [-0.05, 0) is 30.7 Å². The number of ether oxygens (including phenoxy) is 1. The van der Waals surface area contributed by atoms with Crippen molar-refractivity contribution in [2.24, 2.45) is 0 Å². The normalized spacial score (nSPS) is 21.0. The van der Waals surface area contributed by atoms with Crippen LogP contribution in [0.25, 0.3) is 0 Å². The smallest absolute Gasteiger partial charge is 0.260 e. The Bertz CT molecular complexity index is 581. The van der Waals surface area contributed by atoms with Gasteiger partial charge in [0.05, 0.1) is 0 Å². The molecule has 2 saturated heterocycles. The first-order chi connectivity index (χ1) is 11.6. The van der Waals surface area contributed by atoms with Crippen molar-refractivity contribution in [3.05, 3.63) is 29.3 Å². The Labute approximate surface area is 145 Å². The molecule has 2 amide bonds. The molecule has 2 heterocycles. The summed E-state index contributed by atoms with van der Waals surface area (Å²) in [5, 5.41) is 0.626. The number of carbonyl (C=O) groups excluding carboxylic acids is 2. The molecule has 0 saturated carbocycles. The minimum atomic E-state index is -0.152. The molecule has 1 unspecified atom stereocenters. The van der Waals surface area contributed by atoms with E-state index in [-0.39, 0.29) is 24.5 Å². The number of amides is 2. The molecule has 1 aromatic rings. The van der Waals surface area contributed by atoms with Crippen LogP contribution in [0.4, 0.5) is 0 Å². The van der Waals surface area contributed by atoms with Gasteiger partial charge in [0.1, 0.15) is 11.8 Å². The third-order valence-corrected chi connectivity index (χ3v) is 4.50. The maximum absolute atomic E-state index is 12.3. The van der Waals surface area contributed by atoms with Gasteiger partial charge < -0.3 is 14.5 Å². The van der Waals surface area contributed by atoms with Crippen LogP contribution in [0.15, 0.2) is 24.3 Å². The van der Waals surface area contributed by atoms with Crippen molar-refractivity contribution in [2.75, 3.05) is 39.3 Å². The molecule has 130 valence electrons. The standard InChI is InChI=1S/C16H21ClN4O3/c17-12-1-3-13(4-2-12)24-11-15(22)20-7-9-21(10-8-20)16(23)14-5-6-18-19-14/h1-4,14,18-19H,5-11H2. The van der Waals surface area contributed by atoms with E-state index in [0.29, 0.717) is 37.0 Å². The molecular weight excluding hydrogens is 332 g/mol. The molecule has 0 spiro atoms. The maximum Gasteiger partial charge on any atom is 0.260 e. The van der Waals surface area contributed by atoms with Crippen LogP contribution in [-0.2, 0) is 9.59 Å². The lowest BCUT2D eigenvalue weighted by atomic mass is 10.2. The Morgan fingerprint density at radius 3 is 2.42 bits per heavy atom. The molecule has 24 heavy (non-hydrogen) atoms. The van der Waals surface area contributed by atoms with Crippen molar-refractivity contribution in [3.63, 3.8) is 0 Å². The lowest BCUT2D eigenvalue weighted by Gasteiger charge is -2.35. The summed E-state index contributed by atoms with van der Waals surface area (Å²) in [5.74, 6) is 0.642. The number of hydrazine groups is 1. The third-order valence-electron chi connectivity index (χ3n) is 4.25.